The monoisotopic (exact) mass is 236 g/mol. The largest absolute Gasteiger partial charge is 0.192 e. The molecular formula is C7H12Cl4. The minimum Gasteiger partial charge on any atom is -0.123 e. The van der Waals surface area contributed by atoms with E-state index >= 15 is 0 Å². The van der Waals surface area contributed by atoms with Crippen LogP contribution in [0.15, 0.2) is 0 Å². The molecule has 0 aliphatic heterocycles. The Bertz CT molecular complexity index is 97.1. The summed E-state index contributed by atoms with van der Waals surface area (Å²) in [6.45, 7) is 2.11. The fourth-order valence-corrected chi connectivity index (χ4v) is 1.96. The van der Waals surface area contributed by atoms with Gasteiger partial charge in [0.1, 0.15) is 0 Å². The second kappa shape index (κ2) is 5.75. The summed E-state index contributed by atoms with van der Waals surface area (Å²) in [5.74, 6) is 0. The quantitative estimate of drug-likeness (QED) is 0.630. The molecule has 11 heavy (non-hydrogen) atoms. The standard InChI is InChI=1S/C7H12Cl4/c1-2-3-4-6(8)5-7(9,10)11/h6H,2-5H2,1H3. The average Bonchev–Trinajstić information content (AvgIpc) is 1.79. The summed E-state index contributed by atoms with van der Waals surface area (Å²) in [5.41, 5.74) is 0. The number of hydrogen-bond donors (Lipinski definition) is 0. The van der Waals surface area contributed by atoms with Gasteiger partial charge in [0.05, 0.1) is 0 Å². The number of alkyl halides is 4. The van der Waals surface area contributed by atoms with Crippen molar-refractivity contribution in [2.24, 2.45) is 0 Å². The Morgan fingerprint density at radius 1 is 1.27 bits per heavy atom. The summed E-state index contributed by atoms with van der Waals surface area (Å²) < 4.78 is -1.19. The smallest absolute Gasteiger partial charge is 0.123 e. The highest BCUT2D eigenvalue weighted by molar-refractivity contribution is 6.67. The second-order valence-electron chi connectivity index (χ2n) is 2.56. The van der Waals surface area contributed by atoms with Crippen LogP contribution >= 0.6 is 46.4 Å². The fraction of sp³-hybridized carbons (Fsp3) is 1.00. The van der Waals surface area contributed by atoms with E-state index in [1.807, 2.05) is 0 Å². The molecule has 0 aromatic rings. The Morgan fingerprint density at radius 2 is 1.82 bits per heavy atom. The van der Waals surface area contributed by atoms with Crippen LogP contribution in [-0.2, 0) is 0 Å². The van der Waals surface area contributed by atoms with Crippen LogP contribution in [0, 0.1) is 0 Å². The maximum Gasteiger partial charge on any atom is 0.192 e. The molecule has 0 spiro atoms. The predicted octanol–water partition coefficient (Wildman–Crippen LogP) is 4.54. The Kier molecular flexibility index (Phi) is 6.35. The molecule has 1 unspecified atom stereocenters. The third-order valence-electron chi connectivity index (χ3n) is 1.32. The summed E-state index contributed by atoms with van der Waals surface area (Å²) in [7, 11) is 0. The maximum atomic E-state index is 5.89. The van der Waals surface area contributed by atoms with Crippen molar-refractivity contribution in [3.63, 3.8) is 0 Å². The van der Waals surface area contributed by atoms with Crippen molar-refractivity contribution < 1.29 is 0 Å². The van der Waals surface area contributed by atoms with Gasteiger partial charge in [0.25, 0.3) is 0 Å². The van der Waals surface area contributed by atoms with Crippen molar-refractivity contribution in [2.75, 3.05) is 0 Å². The molecule has 0 bridgehead atoms. The fourth-order valence-electron chi connectivity index (χ4n) is 0.779. The summed E-state index contributed by atoms with van der Waals surface area (Å²) in [4.78, 5) is 0. The molecule has 68 valence electrons. The zero-order chi connectivity index (χ0) is 8.91. The van der Waals surface area contributed by atoms with Gasteiger partial charge in [0.2, 0.25) is 0 Å². The number of unbranched alkanes of at least 4 members (excludes halogenated alkanes) is 1. The van der Waals surface area contributed by atoms with E-state index < -0.39 is 3.79 Å². The van der Waals surface area contributed by atoms with Gasteiger partial charge in [-0.3, -0.25) is 0 Å². The van der Waals surface area contributed by atoms with Gasteiger partial charge < -0.3 is 0 Å². The van der Waals surface area contributed by atoms with E-state index in [0.717, 1.165) is 19.3 Å². The molecule has 0 aromatic carbocycles. The van der Waals surface area contributed by atoms with Crippen LogP contribution in [0.4, 0.5) is 0 Å². The van der Waals surface area contributed by atoms with Crippen molar-refractivity contribution >= 4 is 46.4 Å². The van der Waals surface area contributed by atoms with E-state index in [4.69, 9.17) is 46.4 Å². The minimum absolute atomic E-state index is 0.0116. The van der Waals surface area contributed by atoms with Crippen LogP contribution in [0.2, 0.25) is 0 Å². The van der Waals surface area contributed by atoms with Crippen molar-refractivity contribution in [2.45, 2.75) is 41.8 Å². The highest BCUT2D eigenvalue weighted by Gasteiger charge is 2.23. The van der Waals surface area contributed by atoms with E-state index in [1.165, 1.54) is 0 Å². The van der Waals surface area contributed by atoms with E-state index in [2.05, 4.69) is 6.92 Å². The summed E-state index contributed by atoms with van der Waals surface area (Å²) in [5, 5.41) is -0.0116. The number of halogens is 4. The van der Waals surface area contributed by atoms with Gasteiger partial charge in [-0.1, -0.05) is 54.6 Å². The highest BCUT2D eigenvalue weighted by Crippen LogP contribution is 2.34. The molecule has 4 heteroatoms. The van der Waals surface area contributed by atoms with E-state index in [1.54, 1.807) is 0 Å². The topological polar surface area (TPSA) is 0 Å². The van der Waals surface area contributed by atoms with Gasteiger partial charge in [0, 0.05) is 11.8 Å². The van der Waals surface area contributed by atoms with Gasteiger partial charge in [-0.05, 0) is 6.42 Å². The van der Waals surface area contributed by atoms with Crippen LogP contribution in [-0.4, -0.2) is 9.17 Å². The molecular weight excluding hydrogens is 226 g/mol. The molecule has 0 radical (unpaired) electrons. The number of rotatable bonds is 4. The first kappa shape index (κ1) is 12.2. The molecule has 1 atom stereocenters. The lowest BCUT2D eigenvalue weighted by Gasteiger charge is -2.14. The lowest BCUT2D eigenvalue weighted by atomic mass is 10.2. The zero-order valence-corrected chi connectivity index (χ0v) is 9.44. The van der Waals surface area contributed by atoms with Crippen molar-refractivity contribution in [1.29, 1.82) is 0 Å². The molecule has 0 aliphatic rings. The summed E-state index contributed by atoms with van der Waals surface area (Å²) in [6, 6.07) is 0. The molecule has 0 rings (SSSR count). The van der Waals surface area contributed by atoms with Gasteiger partial charge in [0.15, 0.2) is 3.79 Å². The van der Waals surface area contributed by atoms with E-state index in [0.29, 0.717) is 6.42 Å². The first-order valence-corrected chi connectivity index (χ1v) is 5.23. The van der Waals surface area contributed by atoms with Gasteiger partial charge in [-0.15, -0.1) is 11.6 Å². The van der Waals surface area contributed by atoms with Crippen molar-refractivity contribution in [3.8, 4) is 0 Å². The van der Waals surface area contributed by atoms with Crippen LogP contribution in [0.5, 0.6) is 0 Å². The molecule has 0 fully saturated rings. The zero-order valence-electron chi connectivity index (χ0n) is 6.42. The lowest BCUT2D eigenvalue weighted by Crippen LogP contribution is -2.11. The van der Waals surface area contributed by atoms with Crippen molar-refractivity contribution in [1.82, 2.24) is 0 Å². The predicted molar refractivity (Wildman–Crippen MR) is 54.1 cm³/mol. The van der Waals surface area contributed by atoms with Crippen LogP contribution < -0.4 is 0 Å². The molecule has 0 saturated heterocycles. The van der Waals surface area contributed by atoms with Crippen LogP contribution in [0.1, 0.15) is 32.6 Å². The van der Waals surface area contributed by atoms with Gasteiger partial charge >= 0.3 is 0 Å². The first-order chi connectivity index (χ1) is 4.95. The maximum absolute atomic E-state index is 5.89. The number of hydrogen-bond acceptors (Lipinski definition) is 0. The third kappa shape index (κ3) is 9.07. The van der Waals surface area contributed by atoms with Crippen molar-refractivity contribution in [3.05, 3.63) is 0 Å². The Labute approximate surface area is 88.1 Å². The third-order valence-corrected chi connectivity index (χ3v) is 2.16. The molecule has 0 N–H and O–H groups in total. The molecule has 0 aromatic heterocycles. The van der Waals surface area contributed by atoms with E-state index in [-0.39, 0.29) is 5.38 Å². The Balaban J connectivity index is 3.44. The van der Waals surface area contributed by atoms with Crippen LogP contribution in [0.3, 0.4) is 0 Å². The lowest BCUT2D eigenvalue weighted by molar-refractivity contribution is 0.647. The molecule has 0 heterocycles. The molecule has 0 aliphatic carbocycles. The van der Waals surface area contributed by atoms with Gasteiger partial charge in [-0.2, -0.15) is 0 Å². The molecule has 0 saturated carbocycles. The Hall–Kier alpha value is 1.16. The van der Waals surface area contributed by atoms with E-state index in [9.17, 15) is 0 Å². The second-order valence-corrected chi connectivity index (χ2v) is 5.69. The molecule has 0 amide bonds. The Morgan fingerprint density at radius 3 is 2.18 bits per heavy atom. The highest BCUT2D eigenvalue weighted by atomic mass is 35.6. The SMILES string of the molecule is CCCCC(Cl)CC(Cl)(Cl)Cl. The summed E-state index contributed by atoms with van der Waals surface area (Å²) in [6.07, 6.45) is 3.57. The van der Waals surface area contributed by atoms with Crippen LogP contribution in [0.25, 0.3) is 0 Å². The summed E-state index contributed by atoms with van der Waals surface area (Å²) >= 11 is 22.6. The normalized spacial score (nSPS) is 15.0. The molecule has 0 nitrogen and oxygen atoms in total. The first-order valence-electron chi connectivity index (χ1n) is 3.66. The minimum atomic E-state index is -1.19. The van der Waals surface area contributed by atoms with Gasteiger partial charge in [-0.25, -0.2) is 0 Å². The average molecular weight is 238 g/mol.